The van der Waals surface area contributed by atoms with Crippen LogP contribution in [0.2, 0.25) is 0 Å². The topological polar surface area (TPSA) is 64.6 Å². The Balaban J connectivity index is 1.68. The lowest BCUT2D eigenvalue weighted by Gasteiger charge is -2.19. The van der Waals surface area contributed by atoms with E-state index in [2.05, 4.69) is 4.72 Å². The second kappa shape index (κ2) is 7.95. The molecule has 0 saturated heterocycles. The van der Waals surface area contributed by atoms with E-state index in [4.69, 9.17) is 9.47 Å². The molecule has 0 amide bonds. The third kappa shape index (κ3) is 4.06. The predicted octanol–water partition coefficient (Wildman–Crippen LogP) is 4.29. The summed E-state index contributed by atoms with van der Waals surface area (Å²) in [5.41, 5.74) is 2.02. The fourth-order valence-corrected chi connectivity index (χ4v) is 5.13. The number of thiophene rings is 1. The van der Waals surface area contributed by atoms with Gasteiger partial charge in [-0.3, -0.25) is 0 Å². The van der Waals surface area contributed by atoms with Gasteiger partial charge in [-0.25, -0.2) is 8.42 Å². The minimum absolute atomic E-state index is 0.158. The summed E-state index contributed by atoms with van der Waals surface area (Å²) in [5.74, 6) is 1.04. The molecule has 1 N–H and O–H groups in total. The van der Waals surface area contributed by atoms with Crippen LogP contribution in [0.5, 0.6) is 11.5 Å². The molecule has 146 valence electrons. The summed E-state index contributed by atoms with van der Waals surface area (Å²) in [6, 6.07) is 16.0. The van der Waals surface area contributed by atoms with Gasteiger partial charge < -0.3 is 9.47 Å². The highest BCUT2D eigenvalue weighted by atomic mass is 32.2. The van der Waals surface area contributed by atoms with Crippen molar-refractivity contribution < 1.29 is 17.9 Å². The zero-order chi connectivity index (χ0) is 19.6. The van der Waals surface area contributed by atoms with Crippen molar-refractivity contribution in [2.75, 3.05) is 13.2 Å². The minimum atomic E-state index is -3.77. The van der Waals surface area contributed by atoms with Gasteiger partial charge in [-0.2, -0.15) is 4.72 Å². The van der Waals surface area contributed by atoms with Gasteiger partial charge in [-0.1, -0.05) is 35.9 Å². The molecule has 1 atom stereocenters. The molecule has 28 heavy (non-hydrogen) atoms. The van der Waals surface area contributed by atoms with Gasteiger partial charge in [0.25, 0.3) is 0 Å². The Morgan fingerprint density at radius 3 is 2.46 bits per heavy atom. The molecule has 4 rings (SSSR count). The van der Waals surface area contributed by atoms with Gasteiger partial charge in [-0.05, 0) is 36.1 Å². The van der Waals surface area contributed by atoms with Gasteiger partial charge in [0, 0.05) is 17.4 Å². The molecule has 1 aliphatic rings. The van der Waals surface area contributed by atoms with Crippen LogP contribution in [-0.2, 0) is 10.0 Å². The van der Waals surface area contributed by atoms with Gasteiger partial charge in [0.1, 0.15) is 0 Å². The molecule has 0 unspecified atom stereocenters. The van der Waals surface area contributed by atoms with Crippen molar-refractivity contribution in [1.29, 1.82) is 0 Å². The molecule has 1 aromatic heterocycles. The van der Waals surface area contributed by atoms with E-state index in [1.165, 1.54) is 17.4 Å². The summed E-state index contributed by atoms with van der Waals surface area (Å²) < 4.78 is 40.4. The van der Waals surface area contributed by atoms with E-state index in [-0.39, 0.29) is 4.90 Å². The molecule has 3 aromatic rings. The van der Waals surface area contributed by atoms with Crippen LogP contribution in [0.3, 0.4) is 0 Å². The lowest BCUT2D eigenvalue weighted by molar-refractivity contribution is 0.297. The summed E-state index contributed by atoms with van der Waals surface area (Å²) >= 11 is 1.52. The SMILES string of the molecule is Cc1ccc([C@@H](NS(=O)(=O)c2ccc3c(c2)OCCCO3)c2cccs2)cc1. The van der Waals surface area contributed by atoms with Crippen LogP contribution in [0.1, 0.15) is 28.5 Å². The second-order valence-corrected chi connectivity index (χ2v) is 9.33. The van der Waals surface area contributed by atoms with Crippen LogP contribution >= 0.6 is 11.3 Å². The normalized spacial score (nSPS) is 15.0. The van der Waals surface area contributed by atoms with E-state index in [0.717, 1.165) is 22.4 Å². The first-order valence-corrected chi connectivity index (χ1v) is 11.4. The van der Waals surface area contributed by atoms with Crippen LogP contribution < -0.4 is 14.2 Å². The maximum Gasteiger partial charge on any atom is 0.241 e. The number of fused-ring (bicyclic) bond motifs is 1. The molecule has 0 fully saturated rings. The van der Waals surface area contributed by atoms with E-state index in [1.54, 1.807) is 12.1 Å². The van der Waals surface area contributed by atoms with Crippen LogP contribution in [-0.4, -0.2) is 21.6 Å². The molecular formula is C21H21NO4S2. The quantitative estimate of drug-likeness (QED) is 0.675. The largest absolute Gasteiger partial charge is 0.490 e. The van der Waals surface area contributed by atoms with E-state index in [0.29, 0.717) is 24.7 Å². The highest BCUT2D eigenvalue weighted by molar-refractivity contribution is 7.89. The van der Waals surface area contributed by atoms with Crippen molar-refractivity contribution in [2.24, 2.45) is 0 Å². The Kier molecular flexibility index (Phi) is 5.39. The molecule has 5 nitrogen and oxygen atoms in total. The molecule has 2 aromatic carbocycles. The standard InChI is InChI=1S/C21H21NO4S2/c1-15-5-7-16(8-6-15)21(20-4-2-13-27-20)22-28(23,24)17-9-10-18-19(14-17)26-12-3-11-25-18/h2,4-10,13-14,21-22H,3,11-12H2,1H3/t21-/m1/s1. The van der Waals surface area contributed by atoms with Gasteiger partial charge in [-0.15, -0.1) is 11.3 Å². The number of hydrogen-bond donors (Lipinski definition) is 1. The average molecular weight is 416 g/mol. The number of rotatable bonds is 5. The Bertz CT molecular complexity index is 1040. The van der Waals surface area contributed by atoms with Crippen molar-refractivity contribution in [3.05, 3.63) is 76.0 Å². The number of sulfonamides is 1. The number of benzene rings is 2. The first kappa shape index (κ1) is 19.0. The average Bonchev–Trinajstić information content (AvgIpc) is 3.11. The first-order chi connectivity index (χ1) is 13.5. The summed E-state index contributed by atoms with van der Waals surface area (Å²) in [6.45, 7) is 3.07. The minimum Gasteiger partial charge on any atom is -0.490 e. The summed E-state index contributed by atoms with van der Waals surface area (Å²) in [4.78, 5) is 1.09. The van der Waals surface area contributed by atoms with Gasteiger partial charge >= 0.3 is 0 Å². The second-order valence-electron chi connectivity index (χ2n) is 6.64. The molecule has 0 spiro atoms. The third-order valence-corrected chi connectivity index (χ3v) is 6.90. The van der Waals surface area contributed by atoms with Crippen molar-refractivity contribution in [3.8, 4) is 11.5 Å². The summed E-state index contributed by atoms with van der Waals surface area (Å²) in [7, 11) is -3.77. The van der Waals surface area contributed by atoms with E-state index in [9.17, 15) is 8.42 Å². The van der Waals surface area contributed by atoms with E-state index >= 15 is 0 Å². The van der Waals surface area contributed by atoms with Crippen molar-refractivity contribution >= 4 is 21.4 Å². The Hall–Kier alpha value is -2.35. The molecule has 0 radical (unpaired) electrons. The van der Waals surface area contributed by atoms with Crippen molar-refractivity contribution in [3.63, 3.8) is 0 Å². The maximum absolute atomic E-state index is 13.1. The predicted molar refractivity (Wildman–Crippen MR) is 110 cm³/mol. The van der Waals surface area contributed by atoms with Gasteiger partial charge in [0.15, 0.2) is 11.5 Å². The fourth-order valence-electron chi connectivity index (χ4n) is 3.04. The monoisotopic (exact) mass is 415 g/mol. The Morgan fingerprint density at radius 1 is 1.00 bits per heavy atom. The molecule has 0 aliphatic carbocycles. The van der Waals surface area contributed by atoms with E-state index in [1.807, 2.05) is 48.7 Å². The fraction of sp³-hybridized carbons (Fsp3) is 0.238. The van der Waals surface area contributed by atoms with Crippen LogP contribution in [0.25, 0.3) is 0 Å². The first-order valence-electron chi connectivity index (χ1n) is 9.05. The highest BCUT2D eigenvalue weighted by Crippen LogP contribution is 2.33. The summed E-state index contributed by atoms with van der Waals surface area (Å²) in [5, 5.41) is 1.94. The lowest BCUT2D eigenvalue weighted by atomic mass is 10.0. The van der Waals surface area contributed by atoms with Crippen LogP contribution in [0.15, 0.2) is 64.9 Å². The number of hydrogen-bond acceptors (Lipinski definition) is 5. The van der Waals surface area contributed by atoms with Crippen molar-refractivity contribution in [1.82, 2.24) is 4.72 Å². The third-order valence-electron chi connectivity index (χ3n) is 4.54. The van der Waals surface area contributed by atoms with Gasteiger partial charge in [0.05, 0.1) is 24.2 Å². The zero-order valence-electron chi connectivity index (χ0n) is 15.4. The van der Waals surface area contributed by atoms with E-state index < -0.39 is 16.1 Å². The van der Waals surface area contributed by atoms with Crippen molar-refractivity contribution in [2.45, 2.75) is 24.3 Å². The number of aryl methyl sites for hydroxylation is 1. The lowest BCUT2D eigenvalue weighted by Crippen LogP contribution is -2.29. The molecule has 0 saturated carbocycles. The Labute approximate surface area is 169 Å². The molecular weight excluding hydrogens is 394 g/mol. The summed E-state index contributed by atoms with van der Waals surface area (Å²) in [6.07, 6.45) is 0.767. The zero-order valence-corrected chi connectivity index (χ0v) is 17.1. The Morgan fingerprint density at radius 2 is 1.75 bits per heavy atom. The highest BCUT2D eigenvalue weighted by Gasteiger charge is 2.25. The molecule has 2 heterocycles. The van der Waals surface area contributed by atoms with Crippen LogP contribution in [0, 0.1) is 6.92 Å². The maximum atomic E-state index is 13.1. The number of nitrogens with one attached hydrogen (secondary N) is 1. The number of ether oxygens (including phenoxy) is 2. The smallest absolute Gasteiger partial charge is 0.241 e. The molecule has 7 heteroatoms. The molecule has 0 bridgehead atoms. The molecule has 1 aliphatic heterocycles. The van der Waals surface area contributed by atoms with Crippen LogP contribution in [0.4, 0.5) is 0 Å². The van der Waals surface area contributed by atoms with Gasteiger partial charge in [0.2, 0.25) is 10.0 Å².